The van der Waals surface area contributed by atoms with E-state index in [1.54, 1.807) is 0 Å². The molecule has 0 amide bonds. The molecule has 1 N–H and O–H groups in total. The first kappa shape index (κ1) is 15.4. The fraction of sp³-hybridized carbons (Fsp3) is 0.538. The van der Waals surface area contributed by atoms with Crippen molar-refractivity contribution in [3.8, 4) is 5.75 Å². The molecule has 1 aromatic rings. The molecule has 6 heteroatoms. The van der Waals surface area contributed by atoms with Gasteiger partial charge in [0.15, 0.2) is 5.75 Å². The molecule has 1 rings (SSSR count). The van der Waals surface area contributed by atoms with Crippen LogP contribution >= 0.6 is 0 Å². The van der Waals surface area contributed by atoms with Crippen LogP contribution in [0.4, 0.5) is 10.1 Å². The van der Waals surface area contributed by atoms with Crippen molar-refractivity contribution >= 4 is 5.69 Å². The van der Waals surface area contributed by atoms with Crippen LogP contribution in [0.5, 0.6) is 5.75 Å². The standard InChI is InChI=1S/C13H19FN2O3/c1-9(2)15-7-10(3)8-19-13-5-4-11(14)6-12(13)16(17)18/h4-6,9-10,15H,7-8H2,1-3H3. The maximum Gasteiger partial charge on any atom is 0.313 e. The van der Waals surface area contributed by atoms with Gasteiger partial charge in [-0.15, -0.1) is 0 Å². The number of hydrogen-bond donors (Lipinski definition) is 1. The van der Waals surface area contributed by atoms with Crippen LogP contribution < -0.4 is 10.1 Å². The van der Waals surface area contributed by atoms with E-state index in [4.69, 9.17) is 4.74 Å². The van der Waals surface area contributed by atoms with Gasteiger partial charge in [0.2, 0.25) is 0 Å². The highest BCUT2D eigenvalue weighted by atomic mass is 19.1. The van der Waals surface area contributed by atoms with E-state index >= 15 is 0 Å². The Morgan fingerprint density at radius 2 is 2.11 bits per heavy atom. The van der Waals surface area contributed by atoms with Crippen molar-refractivity contribution in [3.63, 3.8) is 0 Å². The Labute approximate surface area is 111 Å². The zero-order valence-corrected chi connectivity index (χ0v) is 11.4. The Morgan fingerprint density at radius 3 is 2.68 bits per heavy atom. The van der Waals surface area contributed by atoms with E-state index < -0.39 is 10.7 Å². The molecule has 0 aromatic heterocycles. The SMILES string of the molecule is CC(CNC(C)C)COc1ccc(F)cc1[N+](=O)[O-]. The minimum atomic E-state index is -0.645. The summed E-state index contributed by atoms with van der Waals surface area (Å²) < 4.78 is 18.3. The van der Waals surface area contributed by atoms with Crippen molar-refractivity contribution in [2.45, 2.75) is 26.8 Å². The molecule has 5 nitrogen and oxygen atoms in total. The van der Waals surface area contributed by atoms with E-state index in [9.17, 15) is 14.5 Å². The average Bonchev–Trinajstić information content (AvgIpc) is 2.34. The molecular formula is C13H19FN2O3. The first-order chi connectivity index (χ1) is 8.90. The molecule has 0 bridgehead atoms. The summed E-state index contributed by atoms with van der Waals surface area (Å²) in [7, 11) is 0. The molecule has 0 aliphatic rings. The lowest BCUT2D eigenvalue weighted by Crippen LogP contribution is -2.30. The highest BCUT2D eigenvalue weighted by Crippen LogP contribution is 2.27. The van der Waals surface area contributed by atoms with E-state index in [-0.39, 0.29) is 17.4 Å². The molecule has 1 aromatic carbocycles. The quantitative estimate of drug-likeness (QED) is 0.611. The van der Waals surface area contributed by atoms with Crippen LogP contribution in [0.2, 0.25) is 0 Å². The van der Waals surface area contributed by atoms with Crippen LogP contribution in [0.25, 0.3) is 0 Å². The summed E-state index contributed by atoms with van der Waals surface area (Å²) in [6.07, 6.45) is 0. The van der Waals surface area contributed by atoms with Crippen LogP contribution in [0.15, 0.2) is 18.2 Å². The predicted octanol–water partition coefficient (Wildman–Crippen LogP) is 2.75. The predicted molar refractivity (Wildman–Crippen MR) is 70.9 cm³/mol. The van der Waals surface area contributed by atoms with Gasteiger partial charge >= 0.3 is 5.69 Å². The Bertz CT molecular complexity index is 438. The fourth-order valence-electron chi connectivity index (χ4n) is 1.48. The van der Waals surface area contributed by atoms with Crippen LogP contribution in [-0.2, 0) is 0 Å². The van der Waals surface area contributed by atoms with Gasteiger partial charge in [0.05, 0.1) is 17.6 Å². The monoisotopic (exact) mass is 270 g/mol. The summed E-state index contributed by atoms with van der Waals surface area (Å²) in [5.41, 5.74) is -0.344. The second-order valence-corrected chi connectivity index (χ2v) is 4.85. The van der Waals surface area contributed by atoms with Gasteiger partial charge in [-0.3, -0.25) is 10.1 Å². The molecule has 106 valence electrons. The summed E-state index contributed by atoms with van der Waals surface area (Å²) in [4.78, 5) is 10.1. The Morgan fingerprint density at radius 1 is 1.42 bits per heavy atom. The summed E-state index contributed by atoms with van der Waals surface area (Å²) in [6.45, 7) is 7.15. The number of nitrogens with zero attached hydrogens (tertiary/aromatic N) is 1. The highest BCUT2D eigenvalue weighted by Gasteiger charge is 2.17. The Hall–Kier alpha value is -1.69. The highest BCUT2D eigenvalue weighted by molar-refractivity contribution is 5.46. The zero-order chi connectivity index (χ0) is 14.4. The summed E-state index contributed by atoms with van der Waals surface area (Å²) in [5, 5.41) is 14.0. The minimum Gasteiger partial charge on any atom is -0.486 e. The van der Waals surface area contributed by atoms with Gasteiger partial charge in [0.25, 0.3) is 0 Å². The molecule has 0 aliphatic heterocycles. The Kier molecular flexibility index (Phi) is 5.69. The van der Waals surface area contributed by atoms with E-state index in [0.717, 1.165) is 18.7 Å². The topological polar surface area (TPSA) is 64.4 Å². The van der Waals surface area contributed by atoms with Gasteiger partial charge < -0.3 is 10.1 Å². The third kappa shape index (κ3) is 5.21. The van der Waals surface area contributed by atoms with Crippen molar-refractivity contribution in [2.24, 2.45) is 5.92 Å². The van der Waals surface area contributed by atoms with Gasteiger partial charge in [-0.1, -0.05) is 20.8 Å². The lowest BCUT2D eigenvalue weighted by Gasteiger charge is -2.15. The minimum absolute atomic E-state index is 0.0998. The van der Waals surface area contributed by atoms with Crippen LogP contribution in [-0.4, -0.2) is 24.1 Å². The molecule has 0 spiro atoms. The molecule has 0 radical (unpaired) electrons. The van der Waals surface area contributed by atoms with Crippen molar-refractivity contribution in [2.75, 3.05) is 13.2 Å². The van der Waals surface area contributed by atoms with E-state index in [2.05, 4.69) is 5.32 Å². The summed E-state index contributed by atoms with van der Waals surface area (Å²) in [6, 6.07) is 3.68. The number of hydrogen-bond acceptors (Lipinski definition) is 4. The molecule has 0 aliphatic carbocycles. The molecular weight excluding hydrogens is 251 g/mol. The van der Waals surface area contributed by atoms with E-state index in [0.29, 0.717) is 12.6 Å². The van der Waals surface area contributed by atoms with E-state index in [1.807, 2.05) is 20.8 Å². The second kappa shape index (κ2) is 7.04. The number of rotatable bonds is 7. The zero-order valence-electron chi connectivity index (χ0n) is 11.4. The fourth-order valence-corrected chi connectivity index (χ4v) is 1.48. The lowest BCUT2D eigenvalue weighted by molar-refractivity contribution is -0.386. The van der Waals surface area contributed by atoms with Gasteiger partial charge in [-0.25, -0.2) is 4.39 Å². The molecule has 0 saturated carbocycles. The molecule has 1 unspecified atom stereocenters. The maximum atomic E-state index is 12.9. The normalized spacial score (nSPS) is 12.5. The molecule has 0 saturated heterocycles. The van der Waals surface area contributed by atoms with Gasteiger partial charge in [0.1, 0.15) is 5.82 Å². The van der Waals surface area contributed by atoms with E-state index in [1.165, 1.54) is 6.07 Å². The molecule has 19 heavy (non-hydrogen) atoms. The summed E-state index contributed by atoms with van der Waals surface area (Å²) >= 11 is 0. The Balaban J connectivity index is 2.60. The third-order valence-corrected chi connectivity index (χ3v) is 2.52. The van der Waals surface area contributed by atoms with Crippen molar-refractivity contribution < 1.29 is 14.1 Å². The third-order valence-electron chi connectivity index (χ3n) is 2.52. The van der Waals surface area contributed by atoms with Gasteiger partial charge in [0, 0.05) is 18.5 Å². The second-order valence-electron chi connectivity index (χ2n) is 4.85. The molecule has 1 atom stereocenters. The maximum absolute atomic E-state index is 12.9. The van der Waals surface area contributed by atoms with Gasteiger partial charge in [-0.05, 0) is 12.1 Å². The average molecular weight is 270 g/mol. The number of nitro benzene ring substituents is 1. The van der Waals surface area contributed by atoms with Crippen LogP contribution in [0, 0.1) is 21.8 Å². The number of nitro groups is 1. The summed E-state index contributed by atoms with van der Waals surface area (Å²) in [5.74, 6) is -0.344. The number of halogens is 1. The smallest absolute Gasteiger partial charge is 0.313 e. The molecule has 0 fully saturated rings. The van der Waals surface area contributed by atoms with Crippen LogP contribution in [0.1, 0.15) is 20.8 Å². The molecule has 0 heterocycles. The number of nitrogens with one attached hydrogen (secondary N) is 1. The van der Waals surface area contributed by atoms with Crippen molar-refractivity contribution in [1.82, 2.24) is 5.32 Å². The largest absolute Gasteiger partial charge is 0.486 e. The van der Waals surface area contributed by atoms with Gasteiger partial charge in [-0.2, -0.15) is 0 Å². The first-order valence-corrected chi connectivity index (χ1v) is 6.20. The lowest BCUT2D eigenvalue weighted by atomic mass is 10.2. The number of benzene rings is 1. The van der Waals surface area contributed by atoms with Crippen LogP contribution in [0.3, 0.4) is 0 Å². The van der Waals surface area contributed by atoms with Crippen molar-refractivity contribution in [1.29, 1.82) is 0 Å². The van der Waals surface area contributed by atoms with Crippen molar-refractivity contribution in [3.05, 3.63) is 34.1 Å². The first-order valence-electron chi connectivity index (χ1n) is 6.20. The number of ether oxygens (including phenoxy) is 1.